The van der Waals surface area contributed by atoms with E-state index >= 15 is 0 Å². The molecular formula is C22H17F3N4O2S. The second-order valence-electron chi connectivity index (χ2n) is 7.25. The van der Waals surface area contributed by atoms with Gasteiger partial charge in [0.1, 0.15) is 5.69 Å². The minimum absolute atomic E-state index is 0.348. The van der Waals surface area contributed by atoms with Crippen LogP contribution < -0.4 is 4.72 Å². The highest BCUT2D eigenvalue weighted by Crippen LogP contribution is 2.35. The number of rotatable bonds is 4. The first kappa shape index (κ1) is 21.7. The second-order valence-corrected chi connectivity index (χ2v) is 9.00. The van der Waals surface area contributed by atoms with Gasteiger partial charge in [-0.1, -0.05) is 6.07 Å². The van der Waals surface area contributed by atoms with Crippen LogP contribution in [0.5, 0.6) is 0 Å². The summed E-state index contributed by atoms with van der Waals surface area (Å²) in [6.07, 6.45) is 0.764. The Kier molecular flexibility index (Phi) is 5.33. The third-order valence-corrected chi connectivity index (χ3v) is 5.41. The molecule has 0 saturated heterocycles. The van der Waals surface area contributed by atoms with Crippen LogP contribution >= 0.6 is 0 Å². The molecule has 4 rings (SSSR count). The fourth-order valence-corrected chi connectivity index (χ4v) is 3.93. The number of alkyl halides is 3. The lowest BCUT2D eigenvalue weighted by Gasteiger charge is -2.12. The number of fused-ring (bicyclic) bond motifs is 1. The normalized spacial score (nSPS) is 12.2. The van der Waals surface area contributed by atoms with Crippen molar-refractivity contribution in [1.29, 1.82) is 0 Å². The fourth-order valence-electron chi connectivity index (χ4n) is 3.32. The molecule has 0 spiro atoms. The highest BCUT2D eigenvalue weighted by Gasteiger charge is 2.32. The summed E-state index contributed by atoms with van der Waals surface area (Å²) in [5.74, 6) is 0. The van der Waals surface area contributed by atoms with E-state index in [1.165, 1.54) is 12.3 Å². The summed E-state index contributed by atoms with van der Waals surface area (Å²) in [4.78, 5) is 12.0. The summed E-state index contributed by atoms with van der Waals surface area (Å²) < 4.78 is 65.1. The number of anilines is 1. The molecule has 0 saturated carbocycles. The predicted octanol–water partition coefficient (Wildman–Crippen LogP) is 5.06. The van der Waals surface area contributed by atoms with Gasteiger partial charge in [-0.2, -0.15) is 13.2 Å². The molecule has 0 aliphatic carbocycles. The van der Waals surface area contributed by atoms with E-state index in [4.69, 9.17) is 0 Å². The van der Waals surface area contributed by atoms with Gasteiger partial charge < -0.3 is 0 Å². The van der Waals surface area contributed by atoms with Crippen molar-refractivity contribution in [3.8, 4) is 22.3 Å². The number of nitrogens with zero attached hydrogens (tertiary/aromatic N) is 3. The Bertz CT molecular complexity index is 1440. The van der Waals surface area contributed by atoms with Gasteiger partial charge in [-0.15, -0.1) is 0 Å². The van der Waals surface area contributed by atoms with Gasteiger partial charge >= 0.3 is 6.18 Å². The lowest BCUT2D eigenvalue weighted by atomic mass is 9.98. The number of aromatic nitrogens is 3. The number of hydrogen-bond donors (Lipinski definition) is 1. The van der Waals surface area contributed by atoms with E-state index in [0.29, 0.717) is 44.5 Å². The van der Waals surface area contributed by atoms with Crippen LogP contribution in [0.2, 0.25) is 0 Å². The zero-order valence-electron chi connectivity index (χ0n) is 17.0. The van der Waals surface area contributed by atoms with Crippen LogP contribution in [0.15, 0.2) is 61.1 Å². The maximum absolute atomic E-state index is 13.1. The monoisotopic (exact) mass is 458 g/mol. The molecule has 3 aromatic heterocycles. The van der Waals surface area contributed by atoms with Crippen LogP contribution in [0.1, 0.15) is 11.4 Å². The zero-order chi connectivity index (χ0) is 23.1. The summed E-state index contributed by atoms with van der Waals surface area (Å²) in [5, 5.41) is 0.641. The van der Waals surface area contributed by atoms with Crippen molar-refractivity contribution in [3.63, 3.8) is 0 Å². The van der Waals surface area contributed by atoms with Crippen LogP contribution in [0.25, 0.3) is 33.2 Å². The summed E-state index contributed by atoms with van der Waals surface area (Å²) in [6.45, 7) is 1.68. The van der Waals surface area contributed by atoms with Gasteiger partial charge in [0.25, 0.3) is 0 Å². The number of benzene rings is 1. The Morgan fingerprint density at radius 1 is 0.875 bits per heavy atom. The van der Waals surface area contributed by atoms with E-state index in [-0.39, 0.29) is 0 Å². The summed E-state index contributed by atoms with van der Waals surface area (Å²) in [5.41, 5.74) is 2.77. The first-order valence-corrected chi connectivity index (χ1v) is 11.3. The van der Waals surface area contributed by atoms with Crippen molar-refractivity contribution in [2.24, 2.45) is 0 Å². The molecule has 0 unspecified atom stereocenters. The van der Waals surface area contributed by atoms with Gasteiger partial charge in [0, 0.05) is 29.5 Å². The molecule has 10 heteroatoms. The van der Waals surface area contributed by atoms with Gasteiger partial charge in [0.15, 0.2) is 0 Å². The van der Waals surface area contributed by atoms with Crippen molar-refractivity contribution in [1.82, 2.24) is 15.0 Å². The van der Waals surface area contributed by atoms with Crippen molar-refractivity contribution >= 4 is 26.6 Å². The molecule has 0 amide bonds. The van der Waals surface area contributed by atoms with E-state index < -0.39 is 21.9 Å². The summed E-state index contributed by atoms with van der Waals surface area (Å²) in [7, 11) is -3.49. The molecule has 1 aromatic carbocycles. The lowest BCUT2D eigenvalue weighted by Crippen LogP contribution is -2.11. The average molecular weight is 458 g/mol. The highest BCUT2D eigenvalue weighted by molar-refractivity contribution is 7.92. The van der Waals surface area contributed by atoms with Gasteiger partial charge in [-0.25, -0.2) is 8.42 Å². The molecule has 0 fully saturated rings. The minimum Gasteiger partial charge on any atom is -0.282 e. The molecule has 0 aliphatic heterocycles. The molecule has 6 nitrogen and oxygen atoms in total. The SMILES string of the molecule is Cc1ncc(-c2ccc3nccc(-c4ccnc(C(F)(F)F)c4)c3c2)cc1NS(C)(=O)=O. The van der Waals surface area contributed by atoms with E-state index in [1.807, 2.05) is 0 Å². The number of halogens is 3. The minimum atomic E-state index is -4.55. The van der Waals surface area contributed by atoms with Gasteiger partial charge in [-0.05, 0) is 60.0 Å². The molecule has 3 heterocycles. The van der Waals surface area contributed by atoms with E-state index in [9.17, 15) is 21.6 Å². The second kappa shape index (κ2) is 7.86. The van der Waals surface area contributed by atoms with E-state index in [0.717, 1.165) is 18.5 Å². The molecular weight excluding hydrogens is 441 g/mol. The van der Waals surface area contributed by atoms with Crippen LogP contribution in [-0.2, 0) is 16.2 Å². The topological polar surface area (TPSA) is 84.8 Å². The summed E-state index contributed by atoms with van der Waals surface area (Å²) in [6, 6.07) is 11.2. The Balaban J connectivity index is 1.85. The number of nitrogens with one attached hydrogen (secondary N) is 1. The van der Waals surface area contributed by atoms with E-state index in [1.54, 1.807) is 43.5 Å². The fraction of sp³-hybridized carbons (Fsp3) is 0.136. The predicted molar refractivity (Wildman–Crippen MR) is 116 cm³/mol. The van der Waals surface area contributed by atoms with Gasteiger partial charge in [0.05, 0.1) is 23.2 Å². The van der Waals surface area contributed by atoms with Crippen LogP contribution in [0, 0.1) is 6.92 Å². The Morgan fingerprint density at radius 3 is 2.34 bits per heavy atom. The standard InChI is InChI=1S/C22H17F3N4O2S/c1-13-20(29-32(2,30)31)10-16(12-28-13)14-3-4-19-18(9-14)17(6-8-26-19)15-5-7-27-21(11-15)22(23,24)25/h3-12,29H,1-2H3. The molecule has 0 bridgehead atoms. The number of pyridine rings is 3. The maximum atomic E-state index is 13.1. The molecule has 0 radical (unpaired) electrons. The van der Waals surface area contributed by atoms with Crippen molar-refractivity contribution < 1.29 is 21.6 Å². The highest BCUT2D eigenvalue weighted by atomic mass is 32.2. The number of sulfonamides is 1. The van der Waals surface area contributed by atoms with Crippen molar-refractivity contribution in [2.75, 3.05) is 11.0 Å². The first-order chi connectivity index (χ1) is 15.0. The smallest absolute Gasteiger partial charge is 0.282 e. The molecule has 0 atom stereocenters. The van der Waals surface area contributed by atoms with Crippen molar-refractivity contribution in [3.05, 3.63) is 72.4 Å². The van der Waals surface area contributed by atoms with Gasteiger partial charge in [-0.3, -0.25) is 19.7 Å². The van der Waals surface area contributed by atoms with Crippen LogP contribution in [-0.4, -0.2) is 29.6 Å². The maximum Gasteiger partial charge on any atom is 0.433 e. The summed E-state index contributed by atoms with van der Waals surface area (Å²) >= 11 is 0. The van der Waals surface area contributed by atoms with E-state index in [2.05, 4.69) is 19.7 Å². The molecule has 164 valence electrons. The Hall–Kier alpha value is -3.53. The molecule has 4 aromatic rings. The number of aryl methyl sites for hydroxylation is 1. The molecule has 0 aliphatic rings. The van der Waals surface area contributed by atoms with Crippen LogP contribution in [0.4, 0.5) is 18.9 Å². The quantitative estimate of drug-likeness (QED) is 0.462. The molecule has 1 N–H and O–H groups in total. The van der Waals surface area contributed by atoms with Crippen molar-refractivity contribution in [2.45, 2.75) is 13.1 Å². The number of hydrogen-bond acceptors (Lipinski definition) is 5. The largest absolute Gasteiger partial charge is 0.433 e. The first-order valence-electron chi connectivity index (χ1n) is 9.38. The average Bonchev–Trinajstić information content (AvgIpc) is 2.73. The lowest BCUT2D eigenvalue weighted by molar-refractivity contribution is -0.141. The third kappa shape index (κ3) is 4.54. The van der Waals surface area contributed by atoms with Gasteiger partial charge in [0.2, 0.25) is 10.0 Å². The Morgan fingerprint density at radius 2 is 1.62 bits per heavy atom. The third-order valence-electron chi connectivity index (χ3n) is 4.82. The Labute approximate surface area is 182 Å². The zero-order valence-corrected chi connectivity index (χ0v) is 17.8. The molecule has 32 heavy (non-hydrogen) atoms. The van der Waals surface area contributed by atoms with Crippen LogP contribution in [0.3, 0.4) is 0 Å².